The van der Waals surface area contributed by atoms with Crippen molar-refractivity contribution in [1.29, 1.82) is 0 Å². The van der Waals surface area contributed by atoms with Gasteiger partial charge in [-0.2, -0.15) is 0 Å². The number of aliphatic hydroxyl groups is 1. The van der Waals surface area contributed by atoms with Gasteiger partial charge in [0.25, 0.3) is 0 Å². The summed E-state index contributed by atoms with van der Waals surface area (Å²) in [6.07, 6.45) is 7.05. The summed E-state index contributed by atoms with van der Waals surface area (Å²) in [5.74, 6) is 0.632. The van der Waals surface area contributed by atoms with Gasteiger partial charge in [-0.15, -0.1) is 0 Å². The van der Waals surface area contributed by atoms with Gasteiger partial charge in [-0.05, 0) is 35.5 Å². The van der Waals surface area contributed by atoms with Gasteiger partial charge in [0, 0.05) is 0 Å². The van der Waals surface area contributed by atoms with Crippen molar-refractivity contribution in [1.82, 2.24) is 0 Å². The molecule has 1 fully saturated rings. The van der Waals surface area contributed by atoms with Crippen molar-refractivity contribution in [3.63, 3.8) is 0 Å². The number of hydrogen-bond acceptors (Lipinski definition) is 1. The van der Waals surface area contributed by atoms with Crippen LogP contribution in [0.1, 0.15) is 42.9 Å². The molecule has 78 valence electrons. The van der Waals surface area contributed by atoms with Gasteiger partial charge < -0.3 is 5.11 Å². The Balaban J connectivity index is 1.95. The Labute approximate surface area is 90.4 Å². The van der Waals surface area contributed by atoms with Crippen LogP contribution in [-0.2, 0) is 0 Å². The second-order valence-corrected chi connectivity index (χ2v) is 4.66. The molecule has 1 aromatic rings. The molecule has 0 heterocycles. The lowest BCUT2D eigenvalue weighted by atomic mass is 9.94. The molecule has 1 heteroatoms. The molecule has 0 spiro atoms. The zero-order chi connectivity index (χ0) is 10.3. The zero-order valence-corrected chi connectivity index (χ0v) is 8.82. The molecule has 1 nitrogen and oxygen atoms in total. The van der Waals surface area contributed by atoms with E-state index < -0.39 is 0 Å². The predicted molar refractivity (Wildman–Crippen MR) is 61.3 cm³/mol. The van der Waals surface area contributed by atoms with E-state index in [-0.39, 0.29) is 6.10 Å². The Morgan fingerprint density at radius 1 is 1.07 bits per heavy atom. The Morgan fingerprint density at radius 3 is 2.53 bits per heavy atom. The maximum atomic E-state index is 10.2. The SMILES string of the molecule is OC1C(C2CCCC2)=Cc2ccccc21. The number of rotatable bonds is 1. The van der Waals surface area contributed by atoms with E-state index in [1.54, 1.807) is 0 Å². The van der Waals surface area contributed by atoms with Crippen LogP contribution >= 0.6 is 0 Å². The van der Waals surface area contributed by atoms with Crippen molar-refractivity contribution in [3.05, 3.63) is 41.0 Å². The summed E-state index contributed by atoms with van der Waals surface area (Å²) in [5, 5.41) is 10.2. The molecule has 0 radical (unpaired) electrons. The summed E-state index contributed by atoms with van der Waals surface area (Å²) in [7, 11) is 0. The Morgan fingerprint density at radius 2 is 1.80 bits per heavy atom. The number of aliphatic hydroxyl groups excluding tert-OH is 1. The largest absolute Gasteiger partial charge is 0.384 e. The van der Waals surface area contributed by atoms with Crippen LogP contribution in [0.5, 0.6) is 0 Å². The molecule has 1 atom stereocenters. The maximum absolute atomic E-state index is 10.2. The van der Waals surface area contributed by atoms with E-state index in [4.69, 9.17) is 0 Å². The summed E-state index contributed by atoms with van der Waals surface area (Å²) < 4.78 is 0. The van der Waals surface area contributed by atoms with Crippen LogP contribution in [0.4, 0.5) is 0 Å². The van der Waals surface area contributed by atoms with Crippen molar-refractivity contribution in [3.8, 4) is 0 Å². The molecule has 0 saturated heterocycles. The van der Waals surface area contributed by atoms with Crippen LogP contribution in [0.25, 0.3) is 6.08 Å². The first-order valence-corrected chi connectivity index (χ1v) is 5.85. The van der Waals surface area contributed by atoms with Gasteiger partial charge in [-0.1, -0.05) is 43.2 Å². The van der Waals surface area contributed by atoms with Gasteiger partial charge in [0.1, 0.15) is 6.10 Å². The Hall–Kier alpha value is -1.08. The van der Waals surface area contributed by atoms with E-state index in [0.29, 0.717) is 5.92 Å². The van der Waals surface area contributed by atoms with Gasteiger partial charge in [0.05, 0.1) is 0 Å². The van der Waals surface area contributed by atoms with Crippen molar-refractivity contribution < 1.29 is 5.11 Å². The fourth-order valence-electron chi connectivity index (χ4n) is 2.93. The molecule has 1 saturated carbocycles. The lowest BCUT2D eigenvalue weighted by molar-refractivity contribution is 0.205. The van der Waals surface area contributed by atoms with Crippen LogP contribution in [0.15, 0.2) is 29.8 Å². The fourth-order valence-corrected chi connectivity index (χ4v) is 2.93. The van der Waals surface area contributed by atoms with E-state index in [1.807, 2.05) is 18.2 Å². The third-order valence-electron chi connectivity index (χ3n) is 3.76. The van der Waals surface area contributed by atoms with Gasteiger partial charge in [0.15, 0.2) is 0 Å². The van der Waals surface area contributed by atoms with E-state index in [0.717, 1.165) is 5.56 Å². The minimum absolute atomic E-state index is 0.329. The molecule has 0 amide bonds. The summed E-state index contributed by atoms with van der Waals surface area (Å²) in [6, 6.07) is 8.19. The Bertz CT molecular complexity index is 400. The minimum atomic E-state index is -0.329. The molecule has 1 unspecified atom stereocenters. The van der Waals surface area contributed by atoms with E-state index in [1.165, 1.54) is 36.8 Å². The molecule has 2 aliphatic carbocycles. The summed E-state index contributed by atoms with van der Waals surface area (Å²) >= 11 is 0. The first-order chi connectivity index (χ1) is 7.36. The quantitative estimate of drug-likeness (QED) is 0.737. The number of hydrogen-bond donors (Lipinski definition) is 1. The molecular weight excluding hydrogens is 184 g/mol. The summed E-state index contributed by atoms with van der Waals surface area (Å²) in [6.45, 7) is 0. The zero-order valence-electron chi connectivity index (χ0n) is 8.82. The highest BCUT2D eigenvalue weighted by atomic mass is 16.3. The van der Waals surface area contributed by atoms with Gasteiger partial charge in [-0.25, -0.2) is 0 Å². The highest BCUT2D eigenvalue weighted by molar-refractivity contribution is 5.65. The highest BCUT2D eigenvalue weighted by Gasteiger charge is 2.29. The summed E-state index contributed by atoms with van der Waals surface area (Å²) in [5.41, 5.74) is 3.57. The van der Waals surface area contributed by atoms with Crippen LogP contribution < -0.4 is 0 Å². The Kier molecular flexibility index (Phi) is 2.14. The second-order valence-electron chi connectivity index (χ2n) is 4.66. The topological polar surface area (TPSA) is 20.2 Å². The van der Waals surface area contributed by atoms with Crippen molar-refractivity contribution in [2.24, 2.45) is 5.92 Å². The standard InChI is InChI=1S/C14H16O/c15-14-12-8-4-3-7-11(12)9-13(14)10-5-1-2-6-10/h3-4,7-10,14-15H,1-2,5-6H2. The molecule has 0 aliphatic heterocycles. The monoisotopic (exact) mass is 200 g/mol. The maximum Gasteiger partial charge on any atom is 0.101 e. The number of benzene rings is 1. The van der Waals surface area contributed by atoms with Gasteiger partial charge >= 0.3 is 0 Å². The van der Waals surface area contributed by atoms with Crippen LogP contribution in [0.2, 0.25) is 0 Å². The van der Waals surface area contributed by atoms with E-state index in [2.05, 4.69) is 12.1 Å². The normalized spacial score (nSPS) is 25.4. The molecule has 1 N–H and O–H groups in total. The molecule has 0 bridgehead atoms. The van der Waals surface area contributed by atoms with Gasteiger partial charge in [-0.3, -0.25) is 0 Å². The third kappa shape index (κ3) is 1.42. The van der Waals surface area contributed by atoms with Crippen molar-refractivity contribution in [2.75, 3.05) is 0 Å². The first kappa shape index (κ1) is 9.17. The molecule has 3 rings (SSSR count). The first-order valence-electron chi connectivity index (χ1n) is 5.85. The molecule has 2 aliphatic rings. The fraction of sp³-hybridized carbons (Fsp3) is 0.429. The van der Waals surface area contributed by atoms with E-state index in [9.17, 15) is 5.11 Å². The highest BCUT2D eigenvalue weighted by Crippen LogP contribution is 2.43. The second kappa shape index (κ2) is 3.49. The summed E-state index contributed by atoms with van der Waals surface area (Å²) in [4.78, 5) is 0. The average molecular weight is 200 g/mol. The average Bonchev–Trinajstić information content (AvgIpc) is 2.87. The van der Waals surface area contributed by atoms with E-state index >= 15 is 0 Å². The van der Waals surface area contributed by atoms with Crippen LogP contribution in [-0.4, -0.2) is 5.11 Å². The molecule has 1 aromatic carbocycles. The van der Waals surface area contributed by atoms with Crippen LogP contribution in [0.3, 0.4) is 0 Å². The molecular formula is C14H16O. The van der Waals surface area contributed by atoms with Crippen molar-refractivity contribution in [2.45, 2.75) is 31.8 Å². The lowest BCUT2D eigenvalue weighted by Gasteiger charge is -2.15. The smallest absolute Gasteiger partial charge is 0.101 e. The minimum Gasteiger partial charge on any atom is -0.384 e. The van der Waals surface area contributed by atoms with Gasteiger partial charge in [0.2, 0.25) is 0 Å². The predicted octanol–water partition coefficient (Wildman–Crippen LogP) is 3.31. The molecule has 15 heavy (non-hydrogen) atoms. The number of fused-ring (bicyclic) bond motifs is 1. The van der Waals surface area contributed by atoms with Crippen LogP contribution in [0, 0.1) is 5.92 Å². The lowest BCUT2D eigenvalue weighted by Crippen LogP contribution is -2.05. The third-order valence-corrected chi connectivity index (χ3v) is 3.76. The molecule has 0 aromatic heterocycles. The van der Waals surface area contributed by atoms with Crippen molar-refractivity contribution >= 4 is 6.08 Å².